The van der Waals surface area contributed by atoms with E-state index < -0.39 is 17.5 Å². The second-order valence-corrected chi connectivity index (χ2v) is 5.34. The van der Waals surface area contributed by atoms with Gasteiger partial charge in [0, 0.05) is 18.7 Å². The van der Waals surface area contributed by atoms with Gasteiger partial charge in [0.05, 0.1) is 6.42 Å². The molecule has 0 aromatic heterocycles. The Morgan fingerprint density at radius 3 is 2.38 bits per heavy atom. The average molecular weight is 332 g/mol. The Morgan fingerprint density at radius 1 is 0.958 bits per heavy atom. The molecule has 2 aromatic carbocycles. The lowest BCUT2D eigenvalue weighted by molar-refractivity contribution is -0.120. The predicted molar refractivity (Wildman–Crippen MR) is 86.6 cm³/mol. The van der Waals surface area contributed by atoms with Gasteiger partial charge >= 0.3 is 0 Å². The number of carbonyl (C=O) groups excluding carboxylic acids is 2. The van der Waals surface area contributed by atoms with Crippen molar-refractivity contribution in [3.8, 4) is 0 Å². The summed E-state index contributed by atoms with van der Waals surface area (Å²) >= 11 is 0. The van der Waals surface area contributed by atoms with Gasteiger partial charge in [0.1, 0.15) is 11.6 Å². The molecule has 0 bridgehead atoms. The molecule has 0 radical (unpaired) electrons. The number of rotatable bonds is 6. The molecular formula is C18H18F2N2O2. The summed E-state index contributed by atoms with van der Waals surface area (Å²) in [6.07, 6.45) is -0.0657. The topological polar surface area (TPSA) is 58.2 Å². The van der Waals surface area contributed by atoms with E-state index >= 15 is 0 Å². The molecule has 2 aromatic rings. The van der Waals surface area contributed by atoms with Crippen LogP contribution in [0.1, 0.15) is 21.5 Å². The molecule has 4 nitrogen and oxygen atoms in total. The van der Waals surface area contributed by atoms with Crippen LogP contribution in [-0.2, 0) is 11.2 Å². The highest BCUT2D eigenvalue weighted by molar-refractivity contribution is 5.94. The van der Waals surface area contributed by atoms with Crippen LogP contribution in [0.2, 0.25) is 0 Å². The van der Waals surface area contributed by atoms with E-state index in [2.05, 4.69) is 10.6 Å². The van der Waals surface area contributed by atoms with Crippen LogP contribution in [-0.4, -0.2) is 24.9 Å². The third-order valence-electron chi connectivity index (χ3n) is 3.48. The van der Waals surface area contributed by atoms with Gasteiger partial charge in [-0.2, -0.15) is 0 Å². The molecule has 0 saturated carbocycles. The lowest BCUT2D eigenvalue weighted by Crippen LogP contribution is -2.35. The van der Waals surface area contributed by atoms with Crippen molar-refractivity contribution >= 4 is 11.8 Å². The minimum Gasteiger partial charge on any atom is -0.354 e. The molecule has 0 atom stereocenters. The maximum absolute atomic E-state index is 13.4. The molecule has 6 heteroatoms. The van der Waals surface area contributed by atoms with Crippen molar-refractivity contribution in [2.75, 3.05) is 13.1 Å². The Labute approximate surface area is 138 Å². The fraction of sp³-hybridized carbons (Fsp3) is 0.222. The molecule has 0 aliphatic heterocycles. The van der Waals surface area contributed by atoms with Crippen molar-refractivity contribution in [2.24, 2.45) is 0 Å². The largest absolute Gasteiger partial charge is 0.354 e. The van der Waals surface area contributed by atoms with E-state index in [-0.39, 0.29) is 31.0 Å². The van der Waals surface area contributed by atoms with Crippen LogP contribution >= 0.6 is 0 Å². The summed E-state index contributed by atoms with van der Waals surface area (Å²) in [5, 5.41) is 5.17. The van der Waals surface area contributed by atoms with Crippen LogP contribution in [0.3, 0.4) is 0 Å². The molecule has 0 spiro atoms. The molecule has 24 heavy (non-hydrogen) atoms. The van der Waals surface area contributed by atoms with Gasteiger partial charge in [-0.05, 0) is 36.2 Å². The van der Waals surface area contributed by atoms with Crippen molar-refractivity contribution in [3.05, 3.63) is 70.8 Å². The fourth-order valence-electron chi connectivity index (χ4n) is 2.09. The van der Waals surface area contributed by atoms with Crippen molar-refractivity contribution in [2.45, 2.75) is 13.3 Å². The first-order valence-electron chi connectivity index (χ1n) is 7.52. The second kappa shape index (κ2) is 8.19. The zero-order chi connectivity index (χ0) is 17.5. The van der Waals surface area contributed by atoms with Gasteiger partial charge in [-0.3, -0.25) is 9.59 Å². The zero-order valence-electron chi connectivity index (χ0n) is 13.2. The van der Waals surface area contributed by atoms with Crippen LogP contribution in [0.5, 0.6) is 0 Å². The third kappa shape index (κ3) is 4.87. The number of halogens is 2. The number of hydrogen-bond donors (Lipinski definition) is 2. The van der Waals surface area contributed by atoms with Gasteiger partial charge in [-0.15, -0.1) is 0 Å². The highest BCUT2D eigenvalue weighted by atomic mass is 19.1. The third-order valence-corrected chi connectivity index (χ3v) is 3.48. The second-order valence-electron chi connectivity index (χ2n) is 5.34. The molecule has 0 heterocycles. The van der Waals surface area contributed by atoms with E-state index in [0.29, 0.717) is 11.1 Å². The number of carbonyl (C=O) groups is 2. The molecular weight excluding hydrogens is 314 g/mol. The normalized spacial score (nSPS) is 10.3. The molecule has 0 fully saturated rings. The summed E-state index contributed by atoms with van der Waals surface area (Å²) in [5.74, 6) is -1.63. The van der Waals surface area contributed by atoms with Crippen LogP contribution in [0.15, 0.2) is 42.5 Å². The number of aryl methyl sites for hydroxylation is 1. The summed E-state index contributed by atoms with van der Waals surface area (Å²) in [6, 6.07) is 10.3. The van der Waals surface area contributed by atoms with Crippen molar-refractivity contribution in [1.82, 2.24) is 10.6 Å². The van der Waals surface area contributed by atoms with Gasteiger partial charge < -0.3 is 10.6 Å². The Hall–Kier alpha value is -2.76. The SMILES string of the molecule is Cc1ccc(C(=O)NCCNC(=O)Cc2ccccc2F)cc1F. The summed E-state index contributed by atoms with van der Waals surface area (Å²) < 4.78 is 26.8. The molecule has 0 saturated heterocycles. The van der Waals surface area contributed by atoms with Crippen molar-refractivity contribution in [1.29, 1.82) is 0 Å². The number of amides is 2. The Balaban J connectivity index is 1.74. The van der Waals surface area contributed by atoms with Crippen LogP contribution in [0, 0.1) is 18.6 Å². The van der Waals surface area contributed by atoms with E-state index in [0.717, 1.165) is 0 Å². The standard InChI is InChI=1S/C18H18F2N2O2/c1-12-6-7-14(10-16(12)20)18(24)22-9-8-21-17(23)11-13-4-2-3-5-15(13)19/h2-7,10H,8-9,11H2,1H3,(H,21,23)(H,22,24). The van der Waals surface area contributed by atoms with E-state index in [9.17, 15) is 18.4 Å². The first-order valence-corrected chi connectivity index (χ1v) is 7.52. The van der Waals surface area contributed by atoms with Crippen LogP contribution in [0.4, 0.5) is 8.78 Å². The van der Waals surface area contributed by atoms with Crippen molar-refractivity contribution < 1.29 is 18.4 Å². The number of benzene rings is 2. The first-order chi connectivity index (χ1) is 11.5. The maximum Gasteiger partial charge on any atom is 0.251 e. The van der Waals surface area contributed by atoms with Gasteiger partial charge in [0.2, 0.25) is 5.91 Å². The minimum atomic E-state index is -0.444. The number of nitrogens with one attached hydrogen (secondary N) is 2. The minimum absolute atomic E-state index is 0.0657. The fourth-order valence-corrected chi connectivity index (χ4v) is 2.09. The highest BCUT2D eigenvalue weighted by Gasteiger charge is 2.09. The molecule has 2 rings (SSSR count). The predicted octanol–water partition coefficient (Wildman–Crippen LogP) is 2.36. The summed E-state index contributed by atoms with van der Waals surface area (Å²) in [5.41, 5.74) is 0.997. The van der Waals surface area contributed by atoms with Gasteiger partial charge in [0.15, 0.2) is 0 Å². The molecule has 0 unspecified atom stereocenters. The van der Waals surface area contributed by atoms with E-state index in [4.69, 9.17) is 0 Å². The van der Waals surface area contributed by atoms with Gasteiger partial charge in [-0.1, -0.05) is 24.3 Å². The van der Waals surface area contributed by atoms with E-state index in [1.165, 1.54) is 24.3 Å². The summed E-state index contributed by atoms with van der Waals surface area (Å²) in [7, 11) is 0. The summed E-state index contributed by atoms with van der Waals surface area (Å²) in [6.45, 7) is 2.01. The smallest absolute Gasteiger partial charge is 0.251 e. The highest BCUT2D eigenvalue weighted by Crippen LogP contribution is 2.09. The van der Waals surface area contributed by atoms with E-state index in [1.807, 2.05) is 0 Å². The zero-order valence-corrected chi connectivity index (χ0v) is 13.2. The molecule has 2 amide bonds. The molecule has 0 aliphatic rings. The van der Waals surface area contributed by atoms with E-state index in [1.54, 1.807) is 25.1 Å². The number of hydrogen-bond acceptors (Lipinski definition) is 2. The Morgan fingerprint density at radius 2 is 1.67 bits per heavy atom. The Bertz CT molecular complexity index is 748. The molecule has 0 aliphatic carbocycles. The maximum atomic E-state index is 13.4. The quantitative estimate of drug-likeness (QED) is 0.798. The van der Waals surface area contributed by atoms with Crippen LogP contribution < -0.4 is 10.6 Å². The van der Waals surface area contributed by atoms with Gasteiger partial charge in [-0.25, -0.2) is 8.78 Å². The Kier molecular flexibility index (Phi) is 6.01. The first kappa shape index (κ1) is 17.6. The molecule has 2 N–H and O–H groups in total. The van der Waals surface area contributed by atoms with Crippen LogP contribution in [0.25, 0.3) is 0 Å². The van der Waals surface area contributed by atoms with Crippen molar-refractivity contribution in [3.63, 3.8) is 0 Å². The monoisotopic (exact) mass is 332 g/mol. The average Bonchev–Trinajstić information content (AvgIpc) is 2.56. The van der Waals surface area contributed by atoms with Gasteiger partial charge in [0.25, 0.3) is 5.91 Å². The summed E-state index contributed by atoms with van der Waals surface area (Å²) in [4.78, 5) is 23.6. The lowest BCUT2D eigenvalue weighted by Gasteiger charge is -2.08. The lowest BCUT2D eigenvalue weighted by atomic mass is 10.1. The molecule has 126 valence electrons.